The smallest absolute Gasteiger partial charge is 0.332 e. The first-order valence-electron chi connectivity index (χ1n) is 12.5. The topological polar surface area (TPSA) is 112 Å². The number of piperazine rings is 1. The van der Waals surface area contributed by atoms with Crippen molar-refractivity contribution >= 4 is 33.9 Å². The van der Waals surface area contributed by atoms with Gasteiger partial charge in [0.1, 0.15) is 5.75 Å². The Morgan fingerprint density at radius 2 is 1.70 bits per heavy atom. The summed E-state index contributed by atoms with van der Waals surface area (Å²) in [6.45, 7) is 8.31. The molecule has 2 atom stereocenters. The van der Waals surface area contributed by atoms with Crippen LogP contribution in [0.3, 0.4) is 0 Å². The summed E-state index contributed by atoms with van der Waals surface area (Å²) in [6.07, 6.45) is 1.48. The van der Waals surface area contributed by atoms with Crippen molar-refractivity contribution in [3.63, 3.8) is 0 Å². The molecule has 0 amide bonds. The second-order valence-electron chi connectivity index (χ2n) is 9.86. The van der Waals surface area contributed by atoms with E-state index in [0.717, 1.165) is 64.8 Å². The highest BCUT2D eigenvalue weighted by atomic mass is 35.5. The van der Waals surface area contributed by atoms with Crippen LogP contribution in [0.15, 0.2) is 32.9 Å². The molecule has 12 heteroatoms. The molecule has 0 saturated carbocycles. The van der Waals surface area contributed by atoms with Crippen molar-refractivity contribution in [2.45, 2.75) is 37.8 Å². The molecule has 1 saturated heterocycles. The summed E-state index contributed by atoms with van der Waals surface area (Å²) < 4.78 is 16.8. The van der Waals surface area contributed by atoms with Gasteiger partial charge in [-0.2, -0.15) is 0 Å². The molecule has 1 aliphatic rings. The monoisotopic (exact) mass is 550 g/mol. The third-order valence-electron chi connectivity index (χ3n) is 7.01. The van der Waals surface area contributed by atoms with E-state index in [1.807, 2.05) is 26.0 Å². The second-order valence-corrected chi connectivity index (χ2v) is 11.8. The van der Waals surface area contributed by atoms with Crippen LogP contribution in [0.5, 0.6) is 0 Å². The summed E-state index contributed by atoms with van der Waals surface area (Å²) in [5, 5.41) is 11.4. The van der Waals surface area contributed by atoms with Crippen molar-refractivity contribution in [2.24, 2.45) is 14.1 Å². The summed E-state index contributed by atoms with van der Waals surface area (Å²) in [4.78, 5) is 35.0. The molecule has 0 spiro atoms. The summed E-state index contributed by atoms with van der Waals surface area (Å²) in [7, 11) is 3.28. The average molecular weight is 551 g/mol. The van der Waals surface area contributed by atoms with E-state index < -0.39 is 28.5 Å². The Kier molecular flexibility index (Phi) is 8.82. The highest BCUT2D eigenvalue weighted by molar-refractivity contribution is 7.91. The van der Waals surface area contributed by atoms with Gasteiger partial charge in [-0.3, -0.25) is 18.8 Å². The predicted molar refractivity (Wildman–Crippen MR) is 146 cm³/mol. The second kappa shape index (κ2) is 11.7. The fourth-order valence-electron chi connectivity index (χ4n) is 4.89. The Bertz CT molecular complexity index is 1350. The maximum Gasteiger partial charge on any atom is 0.332 e. The van der Waals surface area contributed by atoms with Crippen molar-refractivity contribution in [1.29, 1.82) is 0 Å². The quantitative estimate of drug-likeness (QED) is 0.394. The third kappa shape index (κ3) is 6.13. The lowest BCUT2D eigenvalue weighted by molar-refractivity contribution is 0.0632. The standard InChI is InChI=1S/C25H35ClN6O4S/c1-17-12-20(13-18(2)21(17)26)37(36)11-5-6-30-7-9-31(10-8-30)14-19(33)15-32-24(34)22-23(27-16-28(22)3)29(4)25(32)35/h12-13,16,19,33H,5-11,14-15H2,1-4H3. The SMILES string of the molecule is Cc1cc([S+]([O-])CCCN2CCN(CC(O)Cn3c(=O)c4c(ncn4C)n(C)c3=O)CC2)cc(C)c1Cl. The number of hydrogen-bond donors (Lipinski definition) is 1. The highest BCUT2D eigenvalue weighted by Gasteiger charge is 2.22. The Morgan fingerprint density at radius 3 is 2.35 bits per heavy atom. The molecule has 4 rings (SSSR count). The van der Waals surface area contributed by atoms with E-state index in [0.29, 0.717) is 23.5 Å². The largest absolute Gasteiger partial charge is 0.611 e. The number of hydrogen-bond acceptors (Lipinski definition) is 7. The molecular formula is C25H35ClN6O4S. The van der Waals surface area contributed by atoms with Gasteiger partial charge < -0.3 is 19.1 Å². The fraction of sp³-hybridized carbons (Fsp3) is 0.560. The Labute approximate surface area is 224 Å². The van der Waals surface area contributed by atoms with E-state index in [9.17, 15) is 19.2 Å². The number of aliphatic hydroxyl groups is 1. The molecule has 2 aromatic heterocycles. The number of aromatic nitrogens is 4. The molecule has 1 N–H and O–H groups in total. The maximum absolute atomic E-state index is 12.9. The van der Waals surface area contributed by atoms with E-state index in [1.165, 1.54) is 10.9 Å². The van der Waals surface area contributed by atoms with Crippen molar-refractivity contribution in [3.05, 3.63) is 55.4 Å². The lowest BCUT2D eigenvalue weighted by Gasteiger charge is -2.35. The van der Waals surface area contributed by atoms with Crippen molar-refractivity contribution < 1.29 is 9.66 Å². The van der Waals surface area contributed by atoms with Crippen LogP contribution in [0.4, 0.5) is 0 Å². The molecule has 3 heterocycles. The van der Waals surface area contributed by atoms with Gasteiger partial charge in [0, 0.05) is 64.8 Å². The normalized spacial score (nSPS) is 16.9. The molecule has 202 valence electrons. The van der Waals surface area contributed by atoms with Crippen LogP contribution in [0, 0.1) is 13.8 Å². The number of aliphatic hydroxyl groups excluding tert-OH is 1. The number of benzene rings is 1. The van der Waals surface area contributed by atoms with Crippen LogP contribution >= 0.6 is 11.6 Å². The van der Waals surface area contributed by atoms with Crippen LogP contribution in [0.2, 0.25) is 5.02 Å². The Balaban J connectivity index is 1.24. The minimum atomic E-state index is -1.05. The van der Waals surface area contributed by atoms with Gasteiger partial charge in [-0.1, -0.05) is 11.6 Å². The number of halogens is 1. The summed E-state index contributed by atoms with van der Waals surface area (Å²) in [5.41, 5.74) is 1.65. The van der Waals surface area contributed by atoms with Crippen molar-refractivity contribution in [1.82, 2.24) is 28.5 Å². The minimum Gasteiger partial charge on any atom is -0.611 e. The molecule has 0 radical (unpaired) electrons. The Hall–Kier alpha value is -2.15. The molecule has 0 bridgehead atoms. The number of rotatable bonds is 9. The van der Waals surface area contributed by atoms with E-state index in [2.05, 4.69) is 14.8 Å². The fourth-order valence-corrected chi connectivity index (χ4v) is 6.25. The van der Waals surface area contributed by atoms with Gasteiger partial charge in [0.25, 0.3) is 5.56 Å². The zero-order chi connectivity index (χ0) is 26.9. The maximum atomic E-state index is 12.9. The minimum absolute atomic E-state index is 0.0672. The van der Waals surface area contributed by atoms with Gasteiger partial charge in [-0.25, -0.2) is 9.78 Å². The summed E-state index contributed by atoms with van der Waals surface area (Å²) in [5.74, 6) is 0.601. The van der Waals surface area contributed by atoms with Gasteiger partial charge >= 0.3 is 5.69 Å². The first-order valence-corrected chi connectivity index (χ1v) is 14.1. The van der Waals surface area contributed by atoms with Crippen LogP contribution in [-0.4, -0.2) is 89.3 Å². The molecule has 1 fully saturated rings. The van der Waals surface area contributed by atoms with Gasteiger partial charge in [0.05, 0.1) is 19.0 Å². The molecule has 2 unspecified atom stereocenters. The average Bonchev–Trinajstić information content (AvgIpc) is 3.26. The number of aryl methyl sites for hydroxylation is 4. The van der Waals surface area contributed by atoms with Gasteiger partial charge in [0.15, 0.2) is 16.1 Å². The first kappa shape index (κ1) is 27.9. The Morgan fingerprint density at radius 1 is 1.08 bits per heavy atom. The molecule has 1 aromatic carbocycles. The first-order chi connectivity index (χ1) is 17.6. The molecule has 1 aliphatic heterocycles. The molecule has 37 heavy (non-hydrogen) atoms. The van der Waals surface area contributed by atoms with Gasteiger partial charge in [0.2, 0.25) is 0 Å². The van der Waals surface area contributed by atoms with Crippen LogP contribution < -0.4 is 11.2 Å². The predicted octanol–water partition coefficient (Wildman–Crippen LogP) is 0.880. The molecular weight excluding hydrogens is 516 g/mol. The van der Waals surface area contributed by atoms with E-state index >= 15 is 0 Å². The van der Waals surface area contributed by atoms with Crippen molar-refractivity contribution in [3.8, 4) is 0 Å². The number of fused-ring (bicyclic) bond motifs is 1. The highest BCUT2D eigenvalue weighted by Crippen LogP contribution is 2.25. The summed E-state index contributed by atoms with van der Waals surface area (Å²) in [6, 6.07) is 3.82. The van der Waals surface area contributed by atoms with E-state index in [-0.39, 0.29) is 6.54 Å². The van der Waals surface area contributed by atoms with Crippen LogP contribution in [-0.2, 0) is 31.8 Å². The van der Waals surface area contributed by atoms with Gasteiger partial charge in [-0.15, -0.1) is 0 Å². The van der Waals surface area contributed by atoms with Gasteiger partial charge in [-0.05, 0) is 48.3 Å². The molecule has 10 nitrogen and oxygen atoms in total. The summed E-state index contributed by atoms with van der Waals surface area (Å²) >= 11 is 5.17. The molecule has 3 aromatic rings. The number of β-amino-alcohol motifs (C(OH)–C–C–N with tert-alkyl or cyclic N) is 1. The van der Waals surface area contributed by atoms with Crippen molar-refractivity contribution in [2.75, 3.05) is 45.0 Å². The van der Waals surface area contributed by atoms with E-state index in [4.69, 9.17) is 11.6 Å². The lowest BCUT2D eigenvalue weighted by atomic mass is 10.2. The molecule has 0 aliphatic carbocycles. The zero-order valence-corrected chi connectivity index (χ0v) is 23.4. The van der Waals surface area contributed by atoms with E-state index in [1.54, 1.807) is 18.7 Å². The number of imidazole rings is 1. The zero-order valence-electron chi connectivity index (χ0n) is 21.8. The van der Waals surface area contributed by atoms with Crippen LogP contribution in [0.25, 0.3) is 11.2 Å². The lowest BCUT2D eigenvalue weighted by Crippen LogP contribution is -2.50. The van der Waals surface area contributed by atoms with Crippen LogP contribution in [0.1, 0.15) is 17.5 Å². The third-order valence-corrected chi connectivity index (χ3v) is 9.02. The number of nitrogens with zero attached hydrogens (tertiary/aromatic N) is 6.